The summed E-state index contributed by atoms with van der Waals surface area (Å²) in [6, 6.07) is 11.0. The molecule has 3 fully saturated rings. The summed E-state index contributed by atoms with van der Waals surface area (Å²) in [6.45, 7) is 3.10. The third-order valence-corrected chi connectivity index (χ3v) is 5.49. The second kappa shape index (κ2) is 5.93. The van der Waals surface area contributed by atoms with Crippen molar-refractivity contribution in [1.82, 2.24) is 4.90 Å². The van der Waals surface area contributed by atoms with Gasteiger partial charge in [-0.3, -0.25) is 4.90 Å². The molecule has 0 aromatic heterocycles. The molecule has 2 aliphatic heterocycles. The van der Waals surface area contributed by atoms with E-state index in [1.807, 2.05) is 6.07 Å². The highest BCUT2D eigenvalue weighted by Crippen LogP contribution is 2.44. The van der Waals surface area contributed by atoms with Crippen molar-refractivity contribution in [3.8, 4) is 0 Å². The highest BCUT2D eigenvalue weighted by molar-refractivity contribution is 5.15. The van der Waals surface area contributed by atoms with Crippen LogP contribution in [0.15, 0.2) is 30.3 Å². The second-order valence-electron chi connectivity index (χ2n) is 6.98. The van der Waals surface area contributed by atoms with E-state index in [1.54, 1.807) is 0 Å². The number of ether oxygens (including phenoxy) is 2. The van der Waals surface area contributed by atoms with E-state index < -0.39 is 0 Å². The van der Waals surface area contributed by atoms with E-state index in [2.05, 4.69) is 29.2 Å². The number of likely N-dealkylation sites (tertiary alicyclic amines) is 1. The molecule has 0 radical (unpaired) electrons. The average Bonchev–Trinajstić information content (AvgIpc) is 2.97. The number of hydrogen-bond donors (Lipinski definition) is 1. The molecule has 0 bridgehead atoms. The molecule has 2 saturated heterocycles. The Hall–Kier alpha value is -0.940. The number of β-amino-alcohol motifs (C(OH)–C–C–N with tert-alkyl or cyclic N) is 1. The van der Waals surface area contributed by atoms with E-state index >= 15 is 0 Å². The van der Waals surface area contributed by atoms with Gasteiger partial charge in [-0.25, -0.2) is 0 Å². The molecule has 2 heterocycles. The number of rotatable bonds is 2. The Morgan fingerprint density at radius 3 is 2.73 bits per heavy atom. The largest absolute Gasteiger partial charge is 0.392 e. The van der Waals surface area contributed by atoms with Crippen LogP contribution in [0.5, 0.6) is 0 Å². The van der Waals surface area contributed by atoms with Crippen molar-refractivity contribution < 1.29 is 14.6 Å². The maximum atomic E-state index is 10.2. The van der Waals surface area contributed by atoms with Crippen molar-refractivity contribution in [2.75, 3.05) is 19.8 Å². The molecular formula is C18H25NO3. The van der Waals surface area contributed by atoms with Gasteiger partial charge in [-0.1, -0.05) is 30.3 Å². The topological polar surface area (TPSA) is 41.9 Å². The number of aliphatic hydroxyl groups is 1. The lowest BCUT2D eigenvalue weighted by molar-refractivity contribution is -0.206. The van der Waals surface area contributed by atoms with Gasteiger partial charge >= 0.3 is 0 Å². The molecule has 3 atom stereocenters. The fourth-order valence-electron chi connectivity index (χ4n) is 4.48. The monoisotopic (exact) mass is 303 g/mol. The SMILES string of the molecule is O[C@@H]1C[C@@H]2CCC3(C[C@@H]2N(Cc2ccccc2)C1)OCCO3. The molecular weight excluding hydrogens is 278 g/mol. The van der Waals surface area contributed by atoms with Gasteiger partial charge in [-0.2, -0.15) is 0 Å². The molecule has 0 amide bonds. The van der Waals surface area contributed by atoms with Crippen LogP contribution >= 0.6 is 0 Å². The van der Waals surface area contributed by atoms with Crippen LogP contribution in [-0.4, -0.2) is 47.7 Å². The molecule has 1 saturated carbocycles. The van der Waals surface area contributed by atoms with Crippen molar-refractivity contribution in [1.29, 1.82) is 0 Å². The Bertz CT molecular complexity index is 500. The van der Waals surface area contributed by atoms with E-state index in [0.29, 0.717) is 12.0 Å². The first-order chi connectivity index (χ1) is 10.7. The minimum absolute atomic E-state index is 0.204. The van der Waals surface area contributed by atoms with E-state index in [0.717, 1.165) is 52.0 Å². The predicted octanol–water partition coefficient (Wildman–Crippen LogP) is 2.17. The summed E-state index contributed by atoms with van der Waals surface area (Å²) < 4.78 is 11.9. The summed E-state index contributed by atoms with van der Waals surface area (Å²) in [5.74, 6) is 0.212. The van der Waals surface area contributed by atoms with Gasteiger partial charge < -0.3 is 14.6 Å². The Morgan fingerprint density at radius 2 is 1.95 bits per heavy atom. The molecule has 0 unspecified atom stereocenters. The van der Waals surface area contributed by atoms with Crippen LogP contribution in [-0.2, 0) is 16.0 Å². The summed E-state index contributed by atoms with van der Waals surface area (Å²) >= 11 is 0. The third-order valence-electron chi connectivity index (χ3n) is 5.49. The Balaban J connectivity index is 1.53. The number of aliphatic hydroxyl groups excluding tert-OH is 1. The highest BCUT2D eigenvalue weighted by atomic mass is 16.7. The zero-order chi connectivity index (χ0) is 15.0. The molecule has 4 nitrogen and oxygen atoms in total. The van der Waals surface area contributed by atoms with Gasteiger partial charge in [0.25, 0.3) is 0 Å². The van der Waals surface area contributed by atoms with Crippen molar-refractivity contribution in [3.05, 3.63) is 35.9 Å². The quantitative estimate of drug-likeness (QED) is 0.909. The average molecular weight is 303 g/mol. The van der Waals surface area contributed by atoms with Gasteiger partial charge in [-0.15, -0.1) is 0 Å². The number of nitrogens with zero attached hydrogens (tertiary/aromatic N) is 1. The van der Waals surface area contributed by atoms with Crippen molar-refractivity contribution in [2.24, 2.45) is 5.92 Å². The third kappa shape index (κ3) is 2.81. The van der Waals surface area contributed by atoms with Gasteiger partial charge in [0.15, 0.2) is 5.79 Å². The Morgan fingerprint density at radius 1 is 1.18 bits per heavy atom. The lowest BCUT2D eigenvalue weighted by atomic mass is 9.74. The molecule has 1 aliphatic carbocycles. The first kappa shape index (κ1) is 14.6. The zero-order valence-electron chi connectivity index (χ0n) is 13.0. The van der Waals surface area contributed by atoms with Crippen LogP contribution in [0.1, 0.15) is 31.2 Å². The normalized spacial score (nSPS) is 34.7. The minimum Gasteiger partial charge on any atom is -0.392 e. The van der Waals surface area contributed by atoms with Crippen molar-refractivity contribution >= 4 is 0 Å². The van der Waals surface area contributed by atoms with E-state index in [-0.39, 0.29) is 11.9 Å². The van der Waals surface area contributed by atoms with E-state index in [1.165, 1.54) is 5.56 Å². The number of fused-ring (bicyclic) bond motifs is 1. The lowest BCUT2D eigenvalue weighted by Gasteiger charge is -2.50. The van der Waals surface area contributed by atoms with E-state index in [4.69, 9.17) is 9.47 Å². The summed E-state index contributed by atoms with van der Waals surface area (Å²) in [4.78, 5) is 2.44. The summed E-state index contributed by atoms with van der Waals surface area (Å²) in [7, 11) is 0. The number of piperidine rings is 1. The van der Waals surface area contributed by atoms with Gasteiger partial charge in [-0.05, 0) is 24.3 Å². The summed E-state index contributed by atoms with van der Waals surface area (Å²) in [6.07, 6.45) is 3.72. The summed E-state index contributed by atoms with van der Waals surface area (Å²) in [5, 5.41) is 10.2. The Labute approximate surface area is 132 Å². The smallest absolute Gasteiger partial charge is 0.170 e. The minimum atomic E-state index is -0.349. The maximum absolute atomic E-state index is 10.2. The van der Waals surface area contributed by atoms with Gasteiger partial charge in [0.05, 0.1) is 19.3 Å². The predicted molar refractivity (Wildman–Crippen MR) is 83.2 cm³/mol. The molecule has 1 spiro atoms. The molecule has 4 rings (SSSR count). The summed E-state index contributed by atoms with van der Waals surface area (Å²) in [5.41, 5.74) is 1.31. The molecule has 22 heavy (non-hydrogen) atoms. The van der Waals surface area contributed by atoms with Crippen LogP contribution < -0.4 is 0 Å². The first-order valence-corrected chi connectivity index (χ1v) is 8.48. The zero-order valence-corrected chi connectivity index (χ0v) is 13.0. The van der Waals surface area contributed by atoms with Crippen molar-refractivity contribution in [3.63, 3.8) is 0 Å². The molecule has 1 aromatic carbocycles. The fraction of sp³-hybridized carbons (Fsp3) is 0.667. The van der Waals surface area contributed by atoms with Gasteiger partial charge in [0.1, 0.15) is 0 Å². The molecule has 1 aromatic rings. The lowest BCUT2D eigenvalue weighted by Crippen LogP contribution is -2.56. The fourth-order valence-corrected chi connectivity index (χ4v) is 4.48. The van der Waals surface area contributed by atoms with Crippen LogP contribution in [0, 0.1) is 5.92 Å². The van der Waals surface area contributed by atoms with Crippen LogP contribution in [0.2, 0.25) is 0 Å². The molecule has 120 valence electrons. The van der Waals surface area contributed by atoms with Gasteiger partial charge in [0, 0.05) is 32.0 Å². The van der Waals surface area contributed by atoms with Crippen LogP contribution in [0.3, 0.4) is 0 Å². The van der Waals surface area contributed by atoms with Gasteiger partial charge in [0.2, 0.25) is 0 Å². The second-order valence-corrected chi connectivity index (χ2v) is 6.98. The standard InChI is InChI=1S/C18H25NO3/c20-16-10-15-6-7-18(21-8-9-22-18)11-17(15)19(13-16)12-14-4-2-1-3-5-14/h1-5,15-17,20H,6-13H2/t15-,16+,17-/m0/s1. The van der Waals surface area contributed by atoms with Crippen LogP contribution in [0.25, 0.3) is 0 Å². The maximum Gasteiger partial charge on any atom is 0.170 e. The Kier molecular flexibility index (Phi) is 3.95. The highest BCUT2D eigenvalue weighted by Gasteiger charge is 2.48. The van der Waals surface area contributed by atoms with E-state index in [9.17, 15) is 5.11 Å². The number of hydrogen-bond acceptors (Lipinski definition) is 4. The molecule has 3 aliphatic rings. The van der Waals surface area contributed by atoms with Crippen LogP contribution in [0.4, 0.5) is 0 Å². The molecule has 1 N–H and O–H groups in total. The van der Waals surface area contributed by atoms with Crippen molar-refractivity contribution in [2.45, 2.75) is 50.2 Å². The first-order valence-electron chi connectivity index (χ1n) is 8.48. The number of benzene rings is 1. The molecule has 4 heteroatoms.